The molecule has 0 saturated heterocycles. The Morgan fingerprint density at radius 3 is 2.93 bits per heavy atom. The number of hydrogen-bond donors (Lipinski definition) is 0. The lowest BCUT2D eigenvalue weighted by Gasteiger charge is -1.93. The smallest absolute Gasteiger partial charge is 0.190 e. The Labute approximate surface area is 84.0 Å². The highest BCUT2D eigenvalue weighted by Gasteiger charge is 2.30. The lowest BCUT2D eigenvalue weighted by molar-refractivity contribution is 0.476. The molecule has 0 saturated carbocycles. The van der Waals surface area contributed by atoms with Gasteiger partial charge in [0.25, 0.3) is 0 Å². The predicted molar refractivity (Wildman–Crippen MR) is 58.1 cm³/mol. The molecule has 14 heavy (non-hydrogen) atoms. The van der Waals surface area contributed by atoms with Crippen LogP contribution in [-0.4, -0.2) is 12.3 Å². The van der Waals surface area contributed by atoms with E-state index in [9.17, 15) is 0 Å². The summed E-state index contributed by atoms with van der Waals surface area (Å²) in [5.74, 6) is 2.11. The largest absolute Gasteiger partial charge is 0.452 e. The molecule has 0 bridgehead atoms. The molecule has 0 radical (unpaired) electrons. The van der Waals surface area contributed by atoms with Gasteiger partial charge in [0.15, 0.2) is 11.5 Å². The van der Waals surface area contributed by atoms with Crippen LogP contribution >= 0.6 is 0 Å². The summed E-state index contributed by atoms with van der Waals surface area (Å²) in [6, 6.07) is 0. The summed E-state index contributed by atoms with van der Waals surface area (Å²) in [5.41, 5.74) is 0.983. The van der Waals surface area contributed by atoms with Crippen LogP contribution in [0, 0.1) is 0 Å². The summed E-state index contributed by atoms with van der Waals surface area (Å²) in [4.78, 5) is 4.36. The summed E-state index contributed by atoms with van der Waals surface area (Å²) < 4.78 is 5.28. The van der Waals surface area contributed by atoms with Crippen LogP contribution in [0.1, 0.15) is 13.3 Å². The Balaban J connectivity index is 1.91. The predicted octanol–water partition coefficient (Wildman–Crippen LogP) is 2.76. The number of hydrogen-bond acceptors (Lipinski definition) is 2. The van der Waals surface area contributed by atoms with Gasteiger partial charge in [-0.15, -0.1) is 0 Å². The monoisotopic (exact) mass is 187 g/mol. The highest BCUT2D eigenvalue weighted by Crippen LogP contribution is 2.33. The van der Waals surface area contributed by atoms with Crippen LogP contribution in [0.25, 0.3) is 0 Å². The average molecular weight is 187 g/mol. The highest BCUT2D eigenvalue weighted by atomic mass is 16.6. The Morgan fingerprint density at radius 1 is 1.21 bits per heavy atom. The second kappa shape index (κ2) is 4.09. The zero-order valence-corrected chi connectivity index (χ0v) is 8.23. The number of ether oxygens (including phenoxy) is 1. The molecule has 0 aromatic rings. The van der Waals surface area contributed by atoms with E-state index >= 15 is 0 Å². The van der Waals surface area contributed by atoms with Crippen molar-refractivity contribution in [3.05, 3.63) is 48.0 Å². The second-order valence-corrected chi connectivity index (χ2v) is 3.14. The molecule has 0 N–H and O–H groups in total. The van der Waals surface area contributed by atoms with Crippen LogP contribution in [0.2, 0.25) is 0 Å². The van der Waals surface area contributed by atoms with Crippen LogP contribution in [-0.2, 0) is 4.74 Å². The molecule has 0 spiro atoms. The quantitative estimate of drug-likeness (QED) is 0.623. The molecule has 2 nitrogen and oxygen atoms in total. The van der Waals surface area contributed by atoms with Crippen molar-refractivity contribution in [3.8, 4) is 0 Å². The van der Waals surface area contributed by atoms with Gasteiger partial charge >= 0.3 is 0 Å². The highest BCUT2D eigenvalue weighted by molar-refractivity contribution is 6.10. The van der Waals surface area contributed by atoms with Crippen LogP contribution in [0.4, 0.5) is 0 Å². The normalized spacial score (nSPS) is 20.5. The molecule has 2 heteroatoms. The number of aliphatic imine (C=N–C) groups is 1. The summed E-state index contributed by atoms with van der Waals surface area (Å²) in [7, 11) is 0. The first kappa shape index (κ1) is 9.00. The van der Waals surface area contributed by atoms with E-state index in [2.05, 4.69) is 4.99 Å². The van der Waals surface area contributed by atoms with E-state index in [0.29, 0.717) is 0 Å². The minimum atomic E-state index is 0.858. The van der Waals surface area contributed by atoms with Crippen molar-refractivity contribution in [3.63, 3.8) is 0 Å². The van der Waals surface area contributed by atoms with Crippen LogP contribution in [0.3, 0.4) is 0 Å². The van der Waals surface area contributed by atoms with Crippen LogP contribution in [0.5, 0.6) is 0 Å². The summed E-state index contributed by atoms with van der Waals surface area (Å²) >= 11 is 0. The van der Waals surface area contributed by atoms with Gasteiger partial charge in [0.2, 0.25) is 0 Å². The Morgan fingerprint density at radius 2 is 2.07 bits per heavy atom. The Hall–Kier alpha value is -1.57. The Kier molecular flexibility index (Phi) is 2.63. The molecule has 0 fully saturated rings. The van der Waals surface area contributed by atoms with E-state index < -0.39 is 0 Å². The van der Waals surface area contributed by atoms with Gasteiger partial charge in [-0.2, -0.15) is 0 Å². The van der Waals surface area contributed by atoms with Crippen molar-refractivity contribution in [2.45, 2.75) is 13.3 Å². The fourth-order valence-corrected chi connectivity index (χ4v) is 1.32. The third-order valence-electron chi connectivity index (χ3n) is 2.07. The first-order chi connectivity index (χ1) is 6.92. The van der Waals surface area contributed by atoms with Gasteiger partial charge in [-0.25, -0.2) is 0 Å². The number of allylic oxidation sites excluding steroid dienone is 6. The summed E-state index contributed by atoms with van der Waals surface area (Å²) in [5, 5.41) is 0. The third-order valence-corrected chi connectivity index (χ3v) is 2.07. The molecule has 2 heterocycles. The van der Waals surface area contributed by atoms with E-state index in [1.165, 1.54) is 0 Å². The minimum Gasteiger partial charge on any atom is -0.452 e. The van der Waals surface area contributed by atoms with E-state index in [4.69, 9.17) is 4.74 Å². The molecule has 0 amide bonds. The first-order valence-corrected chi connectivity index (χ1v) is 4.83. The maximum absolute atomic E-state index is 5.28. The fourth-order valence-electron chi connectivity index (χ4n) is 1.32. The zero-order chi connectivity index (χ0) is 9.80. The van der Waals surface area contributed by atoms with Gasteiger partial charge in [0, 0.05) is 13.0 Å². The number of nitrogens with zero attached hydrogens (tertiary/aromatic N) is 1. The van der Waals surface area contributed by atoms with Crippen molar-refractivity contribution in [1.82, 2.24) is 0 Å². The zero-order valence-electron chi connectivity index (χ0n) is 8.23. The number of rotatable bonds is 3. The summed E-state index contributed by atoms with van der Waals surface area (Å²) in [6.45, 7) is 2.85. The van der Waals surface area contributed by atoms with Gasteiger partial charge < -0.3 is 4.74 Å². The second-order valence-electron chi connectivity index (χ2n) is 3.14. The van der Waals surface area contributed by atoms with E-state index in [1.807, 2.05) is 43.4 Å². The van der Waals surface area contributed by atoms with E-state index in [-0.39, 0.29) is 0 Å². The fraction of sp³-hybridized carbons (Fsp3) is 0.250. The third kappa shape index (κ3) is 2.02. The van der Waals surface area contributed by atoms with Crippen molar-refractivity contribution >= 4 is 5.71 Å². The average Bonchev–Trinajstić information content (AvgIpc) is 2.97. The molecule has 0 aliphatic carbocycles. The maximum Gasteiger partial charge on any atom is 0.190 e. The van der Waals surface area contributed by atoms with E-state index in [1.54, 1.807) is 0 Å². The topological polar surface area (TPSA) is 24.9 Å². The maximum atomic E-state index is 5.28. The molecule has 2 rings (SSSR count). The molecular weight excluding hydrogens is 174 g/mol. The standard InChI is InChI=1S/C12H13NO/c1-2-3-4-5-6-7-10-12-11(14-12)8-9-13-10/h2-7H,8-9H2,1H3/b3-2+,5-4+,7-6+. The first-order valence-electron chi connectivity index (χ1n) is 4.83. The van der Waals surface area contributed by atoms with Gasteiger partial charge in [-0.1, -0.05) is 30.4 Å². The number of dihydropyridines is 1. The van der Waals surface area contributed by atoms with E-state index in [0.717, 1.165) is 30.2 Å². The molecule has 0 aromatic carbocycles. The molecule has 72 valence electrons. The van der Waals surface area contributed by atoms with Gasteiger partial charge in [-0.3, -0.25) is 4.99 Å². The lowest BCUT2D eigenvalue weighted by Crippen LogP contribution is -1.95. The summed E-state index contributed by atoms with van der Waals surface area (Å²) in [6.07, 6.45) is 12.9. The van der Waals surface area contributed by atoms with Gasteiger partial charge in [0.05, 0.1) is 0 Å². The molecule has 0 atom stereocenters. The van der Waals surface area contributed by atoms with Crippen LogP contribution in [0.15, 0.2) is 53.0 Å². The van der Waals surface area contributed by atoms with Crippen molar-refractivity contribution in [2.75, 3.05) is 6.54 Å². The molecular formula is C12H13NO. The van der Waals surface area contributed by atoms with Gasteiger partial charge in [-0.05, 0) is 13.0 Å². The van der Waals surface area contributed by atoms with Crippen molar-refractivity contribution in [1.29, 1.82) is 0 Å². The Bertz CT molecular complexity index is 370. The van der Waals surface area contributed by atoms with Crippen molar-refractivity contribution in [2.24, 2.45) is 4.99 Å². The SMILES string of the molecule is C/C=C/C=C/C=C/C1=NCCC2=C1O2. The lowest BCUT2D eigenvalue weighted by atomic mass is 10.2. The minimum absolute atomic E-state index is 0.858. The van der Waals surface area contributed by atoms with Gasteiger partial charge in [0.1, 0.15) is 5.71 Å². The molecule has 0 unspecified atom stereocenters. The molecule has 0 aromatic heterocycles. The molecule has 2 aliphatic rings. The van der Waals surface area contributed by atoms with Crippen LogP contribution < -0.4 is 0 Å². The molecule has 2 aliphatic heterocycles. The van der Waals surface area contributed by atoms with Crippen molar-refractivity contribution < 1.29 is 4.74 Å².